The first-order valence-corrected chi connectivity index (χ1v) is 8.27. The molecule has 0 aliphatic heterocycles. The van der Waals surface area contributed by atoms with E-state index in [0.717, 1.165) is 25.1 Å². The van der Waals surface area contributed by atoms with Gasteiger partial charge >= 0.3 is 15.5 Å². The maximum atomic E-state index is 12.5. The highest BCUT2D eigenvalue weighted by atomic mass is 35.5. The third-order valence-corrected chi connectivity index (χ3v) is 4.05. The Morgan fingerprint density at radius 3 is 2.40 bits per heavy atom. The molecule has 0 atom stereocenters. The molecule has 0 fully saturated rings. The summed E-state index contributed by atoms with van der Waals surface area (Å²) < 4.78 is 66.4. The van der Waals surface area contributed by atoms with Gasteiger partial charge in [0.1, 0.15) is 5.75 Å². The number of ether oxygens (including phenoxy) is 1. The lowest BCUT2D eigenvalue weighted by Gasteiger charge is -2.14. The van der Waals surface area contributed by atoms with Crippen LogP contribution < -0.4 is 9.46 Å². The van der Waals surface area contributed by atoms with E-state index in [1.165, 1.54) is 16.9 Å². The molecular weight excluding hydrogens is 387 g/mol. The van der Waals surface area contributed by atoms with Crippen molar-refractivity contribution in [3.05, 3.63) is 41.0 Å². The molecule has 12 heteroatoms. The minimum atomic E-state index is -5.66. The third-order valence-electron chi connectivity index (χ3n) is 2.75. The van der Waals surface area contributed by atoms with Crippen LogP contribution in [-0.2, 0) is 10.0 Å². The SMILES string of the molecule is CC(=O)c1cc(Oc2ccc(Cl)nn2)ccc1NS(=O)(=O)C(F)(F)F. The van der Waals surface area contributed by atoms with Crippen LogP contribution in [0, 0.1) is 0 Å². The maximum Gasteiger partial charge on any atom is 0.516 e. The van der Waals surface area contributed by atoms with Gasteiger partial charge in [-0.25, -0.2) is 0 Å². The van der Waals surface area contributed by atoms with Crippen molar-refractivity contribution in [1.82, 2.24) is 10.2 Å². The van der Waals surface area contributed by atoms with Crippen molar-refractivity contribution in [1.29, 1.82) is 0 Å². The number of rotatable bonds is 5. The van der Waals surface area contributed by atoms with Crippen molar-refractivity contribution in [2.45, 2.75) is 12.4 Å². The summed E-state index contributed by atoms with van der Waals surface area (Å²) in [4.78, 5) is 11.6. The van der Waals surface area contributed by atoms with E-state index in [-0.39, 0.29) is 22.3 Å². The van der Waals surface area contributed by atoms with E-state index in [2.05, 4.69) is 10.2 Å². The molecule has 0 radical (unpaired) electrons. The number of carbonyl (C=O) groups excluding carboxylic acids is 1. The van der Waals surface area contributed by atoms with Gasteiger partial charge in [-0.3, -0.25) is 9.52 Å². The second kappa shape index (κ2) is 6.84. The van der Waals surface area contributed by atoms with Crippen molar-refractivity contribution in [2.24, 2.45) is 0 Å². The summed E-state index contributed by atoms with van der Waals surface area (Å²) >= 11 is 5.57. The zero-order chi connectivity index (χ0) is 18.8. The number of halogens is 4. The topological polar surface area (TPSA) is 98.2 Å². The molecule has 0 unspecified atom stereocenters. The van der Waals surface area contributed by atoms with Crippen molar-refractivity contribution < 1.29 is 31.1 Å². The molecule has 0 saturated heterocycles. The smallest absolute Gasteiger partial charge is 0.437 e. The van der Waals surface area contributed by atoms with E-state index in [1.807, 2.05) is 0 Å². The van der Waals surface area contributed by atoms with Gasteiger partial charge in [-0.1, -0.05) is 11.6 Å². The fourth-order valence-corrected chi connectivity index (χ4v) is 2.33. The summed E-state index contributed by atoms with van der Waals surface area (Å²) in [6.45, 7) is 1.06. The first-order chi connectivity index (χ1) is 11.5. The number of Topliss-reactive ketones (excluding diaryl/α,β-unsaturated/α-hetero) is 1. The molecule has 0 bridgehead atoms. The van der Waals surface area contributed by atoms with Crippen LogP contribution in [-0.4, -0.2) is 29.9 Å². The molecule has 0 aliphatic rings. The van der Waals surface area contributed by atoms with E-state index in [0.29, 0.717) is 0 Å². The fourth-order valence-electron chi connectivity index (χ4n) is 1.65. The summed E-state index contributed by atoms with van der Waals surface area (Å²) in [6.07, 6.45) is 0. The van der Waals surface area contributed by atoms with Crippen molar-refractivity contribution in [3.8, 4) is 11.6 Å². The fraction of sp³-hybridized carbons (Fsp3) is 0.154. The normalized spacial score (nSPS) is 11.9. The Labute approximate surface area is 144 Å². The molecule has 0 aliphatic carbocycles. The predicted octanol–water partition coefficient (Wildman–Crippen LogP) is 3.39. The van der Waals surface area contributed by atoms with Crippen LogP contribution in [0.4, 0.5) is 18.9 Å². The number of benzene rings is 1. The lowest BCUT2D eigenvalue weighted by Crippen LogP contribution is -2.30. The van der Waals surface area contributed by atoms with Crippen molar-refractivity contribution in [3.63, 3.8) is 0 Å². The van der Waals surface area contributed by atoms with Crippen LogP contribution in [0.3, 0.4) is 0 Å². The molecule has 134 valence electrons. The van der Waals surface area contributed by atoms with Crippen LogP contribution >= 0.6 is 11.6 Å². The summed E-state index contributed by atoms with van der Waals surface area (Å²) in [7, 11) is -5.66. The molecule has 25 heavy (non-hydrogen) atoms. The zero-order valence-electron chi connectivity index (χ0n) is 12.3. The van der Waals surface area contributed by atoms with Crippen LogP contribution in [0.2, 0.25) is 5.15 Å². The Morgan fingerprint density at radius 2 is 1.88 bits per heavy atom. The average Bonchev–Trinajstić information content (AvgIpc) is 2.49. The molecule has 1 aromatic heterocycles. The second-order valence-electron chi connectivity index (χ2n) is 4.61. The standard InChI is InChI=1S/C13H9ClF3N3O4S/c1-7(21)9-6-8(24-12-5-4-11(14)18-19-12)2-3-10(9)20-25(22,23)13(15,16)17/h2-6,20H,1H3. The highest BCUT2D eigenvalue weighted by Gasteiger charge is 2.46. The highest BCUT2D eigenvalue weighted by Crippen LogP contribution is 2.30. The minimum Gasteiger partial charge on any atom is -0.437 e. The van der Waals surface area contributed by atoms with Gasteiger partial charge in [0.15, 0.2) is 10.9 Å². The number of ketones is 1. The molecule has 2 rings (SSSR count). The number of anilines is 1. The van der Waals surface area contributed by atoms with Gasteiger partial charge in [-0.2, -0.15) is 21.6 Å². The van der Waals surface area contributed by atoms with E-state index in [9.17, 15) is 26.4 Å². The van der Waals surface area contributed by atoms with E-state index < -0.39 is 27.0 Å². The Kier molecular flexibility index (Phi) is 5.18. The van der Waals surface area contributed by atoms with Crippen molar-refractivity contribution in [2.75, 3.05) is 4.72 Å². The molecule has 1 heterocycles. The van der Waals surface area contributed by atoms with Gasteiger partial charge < -0.3 is 4.74 Å². The van der Waals surface area contributed by atoms with Gasteiger partial charge in [0.25, 0.3) is 0 Å². The van der Waals surface area contributed by atoms with E-state index in [4.69, 9.17) is 16.3 Å². The highest BCUT2D eigenvalue weighted by molar-refractivity contribution is 7.93. The first kappa shape index (κ1) is 18.9. The molecule has 0 spiro atoms. The number of nitrogens with zero attached hydrogens (tertiary/aromatic N) is 2. The number of aromatic nitrogens is 2. The minimum absolute atomic E-state index is 0.0162. The summed E-state index contributed by atoms with van der Waals surface area (Å²) in [5.41, 5.74) is -6.36. The molecule has 1 N–H and O–H groups in total. The quantitative estimate of drug-likeness (QED) is 0.779. The Balaban J connectivity index is 2.35. The van der Waals surface area contributed by atoms with Gasteiger partial charge in [0.05, 0.1) is 5.69 Å². The lowest BCUT2D eigenvalue weighted by atomic mass is 10.1. The molecule has 0 amide bonds. The molecule has 0 saturated carbocycles. The van der Waals surface area contributed by atoms with Crippen LogP contribution in [0.1, 0.15) is 17.3 Å². The van der Waals surface area contributed by atoms with E-state index in [1.54, 1.807) is 0 Å². The number of alkyl halides is 3. The number of hydrogen-bond acceptors (Lipinski definition) is 6. The third kappa shape index (κ3) is 4.57. The van der Waals surface area contributed by atoms with Gasteiger partial charge in [-0.15, -0.1) is 10.2 Å². The monoisotopic (exact) mass is 395 g/mol. The van der Waals surface area contributed by atoms with Crippen LogP contribution in [0.15, 0.2) is 30.3 Å². The van der Waals surface area contributed by atoms with Crippen LogP contribution in [0.25, 0.3) is 0 Å². The summed E-state index contributed by atoms with van der Waals surface area (Å²) in [5, 5.41) is 7.26. The van der Waals surface area contributed by atoms with E-state index >= 15 is 0 Å². The number of sulfonamides is 1. The van der Waals surface area contributed by atoms with Crippen LogP contribution in [0.5, 0.6) is 11.6 Å². The maximum absolute atomic E-state index is 12.5. The number of nitrogens with one attached hydrogen (secondary N) is 1. The Morgan fingerprint density at radius 1 is 1.20 bits per heavy atom. The molecular formula is C13H9ClF3N3O4S. The molecule has 1 aromatic carbocycles. The van der Waals surface area contributed by atoms with Gasteiger partial charge in [0.2, 0.25) is 5.88 Å². The number of hydrogen-bond donors (Lipinski definition) is 1. The molecule has 2 aromatic rings. The Bertz CT molecular complexity index is 902. The molecule has 7 nitrogen and oxygen atoms in total. The zero-order valence-corrected chi connectivity index (χ0v) is 13.9. The average molecular weight is 396 g/mol. The lowest BCUT2D eigenvalue weighted by molar-refractivity contribution is -0.0429. The predicted molar refractivity (Wildman–Crippen MR) is 82.2 cm³/mol. The Hall–Kier alpha value is -2.40. The number of carbonyl (C=O) groups is 1. The van der Waals surface area contributed by atoms with Gasteiger partial charge in [-0.05, 0) is 31.2 Å². The van der Waals surface area contributed by atoms with Crippen molar-refractivity contribution >= 4 is 33.1 Å². The summed E-state index contributed by atoms with van der Waals surface area (Å²) in [5.74, 6) is -0.619. The summed E-state index contributed by atoms with van der Waals surface area (Å²) in [6, 6.07) is 5.98. The first-order valence-electron chi connectivity index (χ1n) is 6.41. The largest absolute Gasteiger partial charge is 0.516 e. The van der Waals surface area contributed by atoms with Gasteiger partial charge in [0, 0.05) is 11.6 Å². The second-order valence-corrected chi connectivity index (χ2v) is 6.67.